The first-order valence-corrected chi connectivity index (χ1v) is 15.6. The number of benzene rings is 3. The first-order valence-electron chi connectivity index (χ1n) is 15.6. The summed E-state index contributed by atoms with van der Waals surface area (Å²) in [6, 6.07) is 20.6. The quantitative estimate of drug-likeness (QED) is 0.129. The highest BCUT2D eigenvalue weighted by Crippen LogP contribution is 2.31. The second-order valence-corrected chi connectivity index (χ2v) is 11.5. The van der Waals surface area contributed by atoms with E-state index in [1.54, 1.807) is 0 Å². The molecular weight excluding hydrogens is 590 g/mol. The number of carbonyl (C=O) groups excluding carboxylic acids is 5. The molecule has 1 aliphatic heterocycles. The number of hydrogen-bond donors (Lipinski definition) is 3. The van der Waals surface area contributed by atoms with E-state index in [-0.39, 0.29) is 38.1 Å². The molecule has 3 amide bonds. The van der Waals surface area contributed by atoms with Crippen LogP contribution in [0.4, 0.5) is 4.79 Å². The molecule has 5 atom stereocenters. The van der Waals surface area contributed by atoms with Crippen molar-refractivity contribution in [2.45, 2.75) is 71.4 Å². The molecule has 11 nitrogen and oxygen atoms in total. The number of amides is 3. The standard InChI is InChI=1S/C35H41N3O8/c1-4-22(2)29-30(46-34(29)42)32(40)36-18-10-15-28(33(41)44-20-24-11-6-5-7-12-24)38-31(39)23(3)37-35(43)45-21-25-16-17-26-13-8-9-14-27(26)19-25/h5-9,11-14,16-17,19,22-23,28-30H,4,10,15,18,20-21H2,1-3H3,(H,36,40)(H,37,43)(H,38,39). The van der Waals surface area contributed by atoms with Gasteiger partial charge in [0.05, 0.1) is 0 Å². The summed E-state index contributed by atoms with van der Waals surface area (Å²) >= 11 is 0. The topological polar surface area (TPSA) is 149 Å². The van der Waals surface area contributed by atoms with Crippen molar-refractivity contribution < 1.29 is 38.2 Å². The Bertz CT molecular complexity index is 1530. The summed E-state index contributed by atoms with van der Waals surface area (Å²) in [4.78, 5) is 63.0. The second-order valence-electron chi connectivity index (χ2n) is 11.5. The zero-order chi connectivity index (χ0) is 33.1. The Labute approximate surface area is 268 Å². The normalized spacial score (nSPS) is 17.4. The van der Waals surface area contributed by atoms with E-state index in [0.717, 1.165) is 28.3 Å². The van der Waals surface area contributed by atoms with E-state index < -0.39 is 48.0 Å². The van der Waals surface area contributed by atoms with E-state index in [2.05, 4.69) is 16.0 Å². The van der Waals surface area contributed by atoms with E-state index in [1.165, 1.54) is 6.92 Å². The molecule has 4 rings (SSSR count). The number of esters is 2. The Morgan fingerprint density at radius 3 is 2.26 bits per heavy atom. The minimum absolute atomic E-state index is 0.0156. The lowest BCUT2D eigenvalue weighted by atomic mass is 9.83. The van der Waals surface area contributed by atoms with Crippen LogP contribution in [-0.2, 0) is 46.6 Å². The maximum Gasteiger partial charge on any atom is 0.408 e. The van der Waals surface area contributed by atoms with Crippen molar-refractivity contribution in [2.75, 3.05) is 6.54 Å². The number of rotatable bonds is 15. The summed E-state index contributed by atoms with van der Waals surface area (Å²) in [7, 11) is 0. The van der Waals surface area contributed by atoms with E-state index in [9.17, 15) is 24.0 Å². The minimum Gasteiger partial charge on any atom is -0.459 e. The molecule has 3 aromatic carbocycles. The second kappa shape index (κ2) is 16.4. The number of alkyl carbamates (subject to hydrolysis) is 1. The fourth-order valence-corrected chi connectivity index (χ4v) is 5.08. The van der Waals surface area contributed by atoms with E-state index in [1.807, 2.05) is 86.6 Å². The van der Waals surface area contributed by atoms with E-state index in [0.29, 0.717) is 6.42 Å². The fraction of sp³-hybridized carbons (Fsp3) is 0.400. The molecule has 46 heavy (non-hydrogen) atoms. The van der Waals surface area contributed by atoms with Crippen LogP contribution in [0.3, 0.4) is 0 Å². The molecule has 5 unspecified atom stereocenters. The third kappa shape index (κ3) is 9.29. The molecule has 11 heteroatoms. The van der Waals surface area contributed by atoms with Gasteiger partial charge in [-0.25, -0.2) is 9.59 Å². The zero-order valence-electron chi connectivity index (χ0n) is 26.3. The third-order valence-corrected chi connectivity index (χ3v) is 8.06. The Morgan fingerprint density at radius 2 is 1.54 bits per heavy atom. The molecule has 3 aromatic rings. The average molecular weight is 632 g/mol. The number of cyclic esters (lactones) is 1. The van der Waals surface area contributed by atoms with Crippen LogP contribution in [-0.4, -0.2) is 54.6 Å². The SMILES string of the molecule is CCC(C)C1C(=O)OC1C(=O)NCCCC(NC(=O)C(C)NC(=O)OCc1ccc2ccccc2c1)C(=O)OCc1ccccc1. The molecule has 244 valence electrons. The monoisotopic (exact) mass is 631 g/mol. The summed E-state index contributed by atoms with van der Waals surface area (Å²) in [5.74, 6) is -2.48. The van der Waals surface area contributed by atoms with Crippen molar-refractivity contribution >= 4 is 40.6 Å². The summed E-state index contributed by atoms with van der Waals surface area (Å²) in [6.45, 7) is 5.55. The van der Waals surface area contributed by atoms with Gasteiger partial charge in [-0.3, -0.25) is 14.4 Å². The van der Waals surface area contributed by atoms with Gasteiger partial charge in [-0.1, -0.05) is 87.0 Å². The van der Waals surface area contributed by atoms with Crippen LogP contribution in [0.1, 0.15) is 51.2 Å². The summed E-state index contributed by atoms with van der Waals surface area (Å²) < 4.78 is 15.9. The predicted molar refractivity (Wildman–Crippen MR) is 170 cm³/mol. The number of hydrogen-bond acceptors (Lipinski definition) is 8. The van der Waals surface area contributed by atoms with Crippen LogP contribution in [0.5, 0.6) is 0 Å². The van der Waals surface area contributed by atoms with Gasteiger partial charge in [0.1, 0.15) is 31.2 Å². The fourth-order valence-electron chi connectivity index (χ4n) is 5.08. The Hall–Kier alpha value is -4.93. The maximum absolute atomic E-state index is 13.0. The third-order valence-electron chi connectivity index (χ3n) is 8.06. The molecule has 1 heterocycles. The molecular formula is C35H41N3O8. The molecule has 0 aromatic heterocycles. The van der Waals surface area contributed by atoms with Gasteiger partial charge in [-0.05, 0) is 53.6 Å². The van der Waals surface area contributed by atoms with Gasteiger partial charge in [0.15, 0.2) is 6.10 Å². The Balaban J connectivity index is 1.28. The maximum atomic E-state index is 13.0. The Morgan fingerprint density at radius 1 is 0.848 bits per heavy atom. The average Bonchev–Trinajstić information content (AvgIpc) is 3.06. The van der Waals surface area contributed by atoms with Crippen molar-refractivity contribution in [3.05, 3.63) is 83.9 Å². The number of ether oxygens (including phenoxy) is 3. The number of fused-ring (bicyclic) bond motifs is 1. The first-order chi connectivity index (χ1) is 22.2. The van der Waals surface area contributed by atoms with Crippen molar-refractivity contribution in [2.24, 2.45) is 11.8 Å². The molecule has 0 saturated carbocycles. The van der Waals surface area contributed by atoms with E-state index in [4.69, 9.17) is 14.2 Å². The van der Waals surface area contributed by atoms with Crippen molar-refractivity contribution in [3.63, 3.8) is 0 Å². The van der Waals surface area contributed by atoms with Crippen molar-refractivity contribution in [3.8, 4) is 0 Å². The highest BCUT2D eigenvalue weighted by atomic mass is 16.6. The zero-order valence-corrected chi connectivity index (χ0v) is 26.3. The molecule has 1 saturated heterocycles. The largest absolute Gasteiger partial charge is 0.459 e. The summed E-state index contributed by atoms with van der Waals surface area (Å²) in [5, 5.41) is 9.99. The van der Waals surface area contributed by atoms with Crippen LogP contribution < -0.4 is 16.0 Å². The first kappa shape index (κ1) is 34.0. The molecule has 0 bridgehead atoms. The summed E-state index contributed by atoms with van der Waals surface area (Å²) in [6.07, 6.45) is -0.402. The van der Waals surface area contributed by atoms with Crippen LogP contribution in [0.2, 0.25) is 0 Å². The van der Waals surface area contributed by atoms with E-state index >= 15 is 0 Å². The molecule has 0 aliphatic carbocycles. The van der Waals surface area contributed by atoms with Crippen LogP contribution in [0.15, 0.2) is 72.8 Å². The summed E-state index contributed by atoms with van der Waals surface area (Å²) in [5.41, 5.74) is 1.58. The lowest BCUT2D eigenvalue weighted by Gasteiger charge is -2.37. The smallest absolute Gasteiger partial charge is 0.408 e. The predicted octanol–water partition coefficient (Wildman–Crippen LogP) is 4.17. The molecule has 1 aliphatic rings. The van der Waals surface area contributed by atoms with Crippen molar-refractivity contribution in [1.82, 2.24) is 16.0 Å². The van der Waals surface area contributed by atoms with Gasteiger partial charge in [0.2, 0.25) is 5.91 Å². The van der Waals surface area contributed by atoms with Crippen LogP contribution in [0.25, 0.3) is 10.8 Å². The van der Waals surface area contributed by atoms with Gasteiger partial charge in [0, 0.05) is 6.54 Å². The lowest BCUT2D eigenvalue weighted by Crippen LogP contribution is -2.56. The highest BCUT2D eigenvalue weighted by Gasteiger charge is 2.49. The lowest BCUT2D eigenvalue weighted by molar-refractivity contribution is -0.193. The van der Waals surface area contributed by atoms with Gasteiger partial charge in [-0.15, -0.1) is 0 Å². The molecule has 1 fully saturated rings. The Kier molecular flexibility index (Phi) is 12.1. The molecule has 0 spiro atoms. The van der Waals surface area contributed by atoms with Gasteiger partial charge in [0.25, 0.3) is 5.91 Å². The van der Waals surface area contributed by atoms with Gasteiger partial charge < -0.3 is 30.2 Å². The van der Waals surface area contributed by atoms with Gasteiger partial charge >= 0.3 is 18.0 Å². The number of carbonyl (C=O) groups is 5. The molecule has 3 N–H and O–H groups in total. The minimum atomic E-state index is -1.04. The molecule has 0 radical (unpaired) electrons. The van der Waals surface area contributed by atoms with Crippen LogP contribution in [0, 0.1) is 11.8 Å². The number of nitrogens with one attached hydrogen (secondary N) is 3. The van der Waals surface area contributed by atoms with Crippen molar-refractivity contribution in [1.29, 1.82) is 0 Å². The van der Waals surface area contributed by atoms with Gasteiger partial charge in [-0.2, -0.15) is 0 Å². The highest BCUT2D eigenvalue weighted by molar-refractivity contribution is 5.94. The van der Waals surface area contributed by atoms with Crippen LogP contribution >= 0.6 is 0 Å².